The summed E-state index contributed by atoms with van der Waals surface area (Å²) in [5.74, 6) is 0.0649. The zero-order valence-corrected chi connectivity index (χ0v) is 10.0. The van der Waals surface area contributed by atoms with Gasteiger partial charge in [0, 0.05) is 0 Å². The summed E-state index contributed by atoms with van der Waals surface area (Å²) in [5, 5.41) is 9.64. The van der Waals surface area contributed by atoms with E-state index < -0.39 is 5.91 Å². The summed E-state index contributed by atoms with van der Waals surface area (Å²) in [7, 11) is 0. The van der Waals surface area contributed by atoms with Gasteiger partial charge in [0.05, 0.1) is 10.1 Å². The third-order valence-electron chi connectivity index (χ3n) is 1.82. The number of thiophene rings is 1. The average Bonchev–Trinajstić information content (AvgIpc) is 2.85. The fourth-order valence-corrected chi connectivity index (χ4v) is 2.24. The van der Waals surface area contributed by atoms with Crippen LogP contribution < -0.4 is 5.73 Å². The Morgan fingerprint density at radius 3 is 3.06 bits per heavy atom. The molecule has 0 spiro atoms. The van der Waals surface area contributed by atoms with Crippen molar-refractivity contribution in [2.45, 2.75) is 17.4 Å². The first-order valence-corrected chi connectivity index (χ1v) is 6.26. The Labute approximate surface area is 100 Å². The van der Waals surface area contributed by atoms with Crippen LogP contribution in [0.3, 0.4) is 0 Å². The molecule has 1 amide bonds. The monoisotopic (exact) mass is 255 g/mol. The van der Waals surface area contributed by atoms with Crippen LogP contribution in [0.15, 0.2) is 27.2 Å². The summed E-state index contributed by atoms with van der Waals surface area (Å²) < 4.78 is 5.39. The number of primary amides is 1. The number of hydrogen-bond donors (Lipinski definition) is 1. The van der Waals surface area contributed by atoms with Crippen molar-refractivity contribution in [2.24, 2.45) is 5.73 Å². The van der Waals surface area contributed by atoms with E-state index in [1.165, 1.54) is 11.3 Å². The minimum absolute atomic E-state index is 0.356. The molecule has 0 fully saturated rings. The zero-order valence-electron chi connectivity index (χ0n) is 8.41. The Bertz CT molecular complexity index is 481. The van der Waals surface area contributed by atoms with Crippen molar-refractivity contribution in [3.05, 3.63) is 17.5 Å². The molecule has 0 saturated carbocycles. The molecule has 2 aromatic rings. The van der Waals surface area contributed by atoms with Crippen molar-refractivity contribution in [2.75, 3.05) is 0 Å². The lowest BCUT2D eigenvalue weighted by molar-refractivity contribution is -0.117. The molecule has 0 saturated heterocycles. The van der Waals surface area contributed by atoms with Gasteiger partial charge in [0.1, 0.15) is 0 Å². The van der Waals surface area contributed by atoms with Crippen LogP contribution in [-0.4, -0.2) is 21.4 Å². The van der Waals surface area contributed by atoms with Gasteiger partial charge in [-0.15, -0.1) is 21.5 Å². The largest absolute Gasteiger partial charge is 0.410 e. The maximum absolute atomic E-state index is 10.9. The number of nitrogens with zero attached hydrogens (tertiary/aromatic N) is 2. The number of carbonyl (C=O) groups excluding carboxylic acids is 1. The lowest BCUT2D eigenvalue weighted by atomic mass is 10.5. The van der Waals surface area contributed by atoms with Gasteiger partial charge in [-0.1, -0.05) is 17.8 Å². The lowest BCUT2D eigenvalue weighted by Crippen LogP contribution is -2.22. The topological polar surface area (TPSA) is 82.0 Å². The maximum Gasteiger partial charge on any atom is 0.277 e. The van der Waals surface area contributed by atoms with Crippen LogP contribution >= 0.6 is 23.1 Å². The fraction of sp³-hybridized carbons (Fsp3) is 0.222. The molecular formula is C9H9N3O2S2. The standard InChI is InChI=1S/C9H9N3O2S2/c1-5(7(10)13)16-9-12-11-8(14-9)6-3-2-4-15-6/h2-5H,1H3,(H2,10,13)/t5-/m1/s1. The van der Waals surface area contributed by atoms with Gasteiger partial charge in [-0.25, -0.2) is 0 Å². The number of rotatable bonds is 4. The molecule has 2 aromatic heterocycles. The van der Waals surface area contributed by atoms with Gasteiger partial charge in [-0.05, 0) is 18.4 Å². The van der Waals surface area contributed by atoms with E-state index in [0.29, 0.717) is 11.1 Å². The third kappa shape index (κ3) is 2.42. The van der Waals surface area contributed by atoms with E-state index in [9.17, 15) is 4.79 Å². The summed E-state index contributed by atoms with van der Waals surface area (Å²) in [6.45, 7) is 1.70. The van der Waals surface area contributed by atoms with E-state index in [2.05, 4.69) is 10.2 Å². The highest BCUT2D eigenvalue weighted by Crippen LogP contribution is 2.28. The number of hydrogen-bond acceptors (Lipinski definition) is 6. The Balaban J connectivity index is 2.11. The second-order valence-corrected chi connectivity index (χ2v) is 5.25. The van der Waals surface area contributed by atoms with Crippen LogP contribution in [0.5, 0.6) is 0 Å². The molecule has 0 aliphatic heterocycles. The lowest BCUT2D eigenvalue weighted by Gasteiger charge is -2.00. The molecule has 2 N–H and O–H groups in total. The first kappa shape index (κ1) is 11.2. The smallest absolute Gasteiger partial charge is 0.277 e. The van der Waals surface area contributed by atoms with Gasteiger partial charge in [-0.3, -0.25) is 4.79 Å². The van der Waals surface area contributed by atoms with Gasteiger partial charge in [-0.2, -0.15) is 0 Å². The predicted octanol–water partition coefficient (Wildman–Crippen LogP) is 1.76. The maximum atomic E-state index is 10.9. The van der Waals surface area contributed by atoms with Crippen LogP contribution in [-0.2, 0) is 4.79 Å². The van der Waals surface area contributed by atoms with Gasteiger partial charge in [0.2, 0.25) is 5.91 Å². The first-order valence-electron chi connectivity index (χ1n) is 4.50. The van der Waals surface area contributed by atoms with Crippen LogP contribution in [0.1, 0.15) is 6.92 Å². The van der Waals surface area contributed by atoms with Gasteiger partial charge < -0.3 is 10.2 Å². The number of carbonyl (C=O) groups is 1. The highest BCUT2D eigenvalue weighted by Gasteiger charge is 2.16. The quantitative estimate of drug-likeness (QED) is 0.842. The van der Waals surface area contributed by atoms with Gasteiger partial charge in [0.15, 0.2) is 0 Å². The minimum atomic E-state index is -0.402. The predicted molar refractivity (Wildman–Crippen MR) is 62.1 cm³/mol. The second kappa shape index (κ2) is 4.67. The molecule has 1 atom stereocenters. The summed E-state index contributed by atoms with van der Waals surface area (Å²) in [6.07, 6.45) is 0. The normalized spacial score (nSPS) is 12.6. The van der Waals surface area contributed by atoms with Crippen molar-refractivity contribution in [3.8, 4) is 10.8 Å². The Hall–Kier alpha value is -1.34. The molecule has 0 aliphatic rings. The number of amides is 1. The molecule has 84 valence electrons. The Kier molecular flexibility index (Phi) is 3.25. The molecule has 0 unspecified atom stereocenters. The molecule has 0 aromatic carbocycles. The molecule has 5 nitrogen and oxygen atoms in total. The Morgan fingerprint density at radius 2 is 2.44 bits per heavy atom. The van der Waals surface area contributed by atoms with Crippen molar-refractivity contribution in [1.29, 1.82) is 0 Å². The molecule has 0 aliphatic carbocycles. The first-order chi connectivity index (χ1) is 7.66. The van der Waals surface area contributed by atoms with Crippen LogP contribution in [0, 0.1) is 0 Å². The zero-order chi connectivity index (χ0) is 11.5. The van der Waals surface area contributed by atoms with Gasteiger partial charge in [0.25, 0.3) is 11.1 Å². The third-order valence-corrected chi connectivity index (χ3v) is 3.63. The van der Waals surface area contributed by atoms with E-state index in [1.54, 1.807) is 6.92 Å². The highest BCUT2D eigenvalue weighted by atomic mass is 32.2. The summed E-state index contributed by atoms with van der Waals surface area (Å²) >= 11 is 2.68. The minimum Gasteiger partial charge on any atom is -0.410 e. The second-order valence-electron chi connectivity index (χ2n) is 3.01. The Morgan fingerprint density at radius 1 is 1.62 bits per heavy atom. The van der Waals surface area contributed by atoms with E-state index >= 15 is 0 Å². The van der Waals surface area contributed by atoms with Crippen LogP contribution in [0.2, 0.25) is 0 Å². The average molecular weight is 255 g/mol. The van der Waals surface area contributed by atoms with Crippen molar-refractivity contribution < 1.29 is 9.21 Å². The molecule has 2 rings (SSSR count). The van der Waals surface area contributed by atoms with Crippen LogP contribution in [0.4, 0.5) is 0 Å². The number of aromatic nitrogens is 2. The number of nitrogens with two attached hydrogens (primary N) is 1. The summed E-state index contributed by atoms with van der Waals surface area (Å²) in [5.41, 5.74) is 5.14. The van der Waals surface area contributed by atoms with E-state index in [0.717, 1.165) is 16.6 Å². The molecule has 16 heavy (non-hydrogen) atoms. The molecule has 0 radical (unpaired) electrons. The highest BCUT2D eigenvalue weighted by molar-refractivity contribution is 8.00. The SMILES string of the molecule is C[C@@H](Sc1nnc(-c2cccs2)o1)C(N)=O. The summed E-state index contributed by atoms with van der Waals surface area (Å²) in [4.78, 5) is 11.8. The van der Waals surface area contributed by atoms with Crippen molar-refractivity contribution in [3.63, 3.8) is 0 Å². The molecule has 2 heterocycles. The fourth-order valence-electron chi connectivity index (χ4n) is 0.967. The van der Waals surface area contributed by atoms with Gasteiger partial charge >= 0.3 is 0 Å². The van der Waals surface area contributed by atoms with E-state index in [4.69, 9.17) is 10.2 Å². The van der Waals surface area contributed by atoms with E-state index in [-0.39, 0.29) is 5.25 Å². The van der Waals surface area contributed by atoms with E-state index in [1.807, 2.05) is 17.5 Å². The molecular weight excluding hydrogens is 246 g/mol. The van der Waals surface area contributed by atoms with Crippen molar-refractivity contribution in [1.82, 2.24) is 10.2 Å². The molecule has 7 heteroatoms. The number of thioether (sulfide) groups is 1. The van der Waals surface area contributed by atoms with Crippen molar-refractivity contribution >= 4 is 29.0 Å². The van der Waals surface area contributed by atoms with Crippen LogP contribution in [0.25, 0.3) is 10.8 Å². The summed E-state index contributed by atoms with van der Waals surface area (Å²) in [6, 6.07) is 3.80. The molecule has 0 bridgehead atoms.